The van der Waals surface area contributed by atoms with E-state index < -0.39 is 0 Å². The third-order valence-electron chi connectivity index (χ3n) is 3.96. The normalized spacial score (nSPS) is 21.7. The van der Waals surface area contributed by atoms with Gasteiger partial charge in [-0.05, 0) is 53.9 Å². The summed E-state index contributed by atoms with van der Waals surface area (Å²) in [6.45, 7) is 6.89. The molecule has 1 aromatic carbocycles. The van der Waals surface area contributed by atoms with Crippen LogP contribution in [0.3, 0.4) is 0 Å². The summed E-state index contributed by atoms with van der Waals surface area (Å²) >= 11 is 3.22. The Morgan fingerprint density at radius 1 is 1.52 bits per heavy atom. The molecule has 0 radical (unpaired) electrons. The van der Waals surface area contributed by atoms with Crippen molar-refractivity contribution < 1.29 is 9.13 Å². The van der Waals surface area contributed by atoms with E-state index in [1.54, 1.807) is 12.1 Å². The molecule has 0 saturated carbocycles. The lowest BCUT2D eigenvalue weighted by Gasteiger charge is -2.38. The van der Waals surface area contributed by atoms with Gasteiger partial charge in [0.05, 0.1) is 23.2 Å². The number of morpholine rings is 1. The molecule has 21 heavy (non-hydrogen) atoms. The molecule has 0 amide bonds. The minimum Gasteiger partial charge on any atom is -0.374 e. The Morgan fingerprint density at radius 2 is 2.29 bits per heavy atom. The molecule has 1 heterocycles. The van der Waals surface area contributed by atoms with Gasteiger partial charge in [0.15, 0.2) is 0 Å². The van der Waals surface area contributed by atoms with Gasteiger partial charge in [0, 0.05) is 19.1 Å². The average molecular weight is 360 g/mol. The topological polar surface area (TPSA) is 50.5 Å². The Kier molecular flexibility index (Phi) is 6.13. The molecule has 1 fully saturated rings. The van der Waals surface area contributed by atoms with E-state index in [4.69, 9.17) is 10.6 Å². The molecule has 4 nitrogen and oxygen atoms in total. The molecule has 6 heteroatoms. The van der Waals surface area contributed by atoms with Crippen LogP contribution in [0.5, 0.6) is 0 Å². The number of nitrogens with one attached hydrogen (secondary N) is 1. The van der Waals surface area contributed by atoms with Crippen LogP contribution in [-0.4, -0.2) is 42.8 Å². The SMILES string of the molecule is CC(C)N1CCOC(C(Cc2ccc(F)c(Br)c2)NN)C1. The summed E-state index contributed by atoms with van der Waals surface area (Å²) in [5, 5.41) is 0. The van der Waals surface area contributed by atoms with Gasteiger partial charge in [0.1, 0.15) is 5.82 Å². The molecule has 2 rings (SSSR count). The quantitative estimate of drug-likeness (QED) is 0.624. The Morgan fingerprint density at radius 3 is 2.90 bits per heavy atom. The highest BCUT2D eigenvalue weighted by Gasteiger charge is 2.28. The maximum Gasteiger partial charge on any atom is 0.137 e. The molecule has 1 aromatic rings. The van der Waals surface area contributed by atoms with Crippen LogP contribution in [0.4, 0.5) is 4.39 Å². The first-order chi connectivity index (χ1) is 10.0. The zero-order valence-electron chi connectivity index (χ0n) is 12.5. The van der Waals surface area contributed by atoms with Crippen molar-refractivity contribution in [3.63, 3.8) is 0 Å². The fraction of sp³-hybridized carbons (Fsp3) is 0.600. The summed E-state index contributed by atoms with van der Waals surface area (Å²) in [4.78, 5) is 2.39. The maximum absolute atomic E-state index is 13.3. The molecule has 1 saturated heterocycles. The van der Waals surface area contributed by atoms with Crippen molar-refractivity contribution in [1.29, 1.82) is 0 Å². The second-order valence-electron chi connectivity index (χ2n) is 5.72. The number of ether oxygens (including phenoxy) is 1. The van der Waals surface area contributed by atoms with Gasteiger partial charge >= 0.3 is 0 Å². The first-order valence-corrected chi connectivity index (χ1v) is 8.06. The number of rotatable bonds is 5. The average Bonchev–Trinajstić information content (AvgIpc) is 2.48. The lowest BCUT2D eigenvalue weighted by Crippen LogP contribution is -2.56. The highest BCUT2D eigenvalue weighted by atomic mass is 79.9. The molecule has 0 bridgehead atoms. The first kappa shape index (κ1) is 16.8. The van der Waals surface area contributed by atoms with Gasteiger partial charge in [-0.25, -0.2) is 4.39 Å². The second-order valence-corrected chi connectivity index (χ2v) is 6.58. The number of nitrogens with zero attached hydrogens (tertiary/aromatic N) is 1. The van der Waals surface area contributed by atoms with E-state index in [9.17, 15) is 4.39 Å². The molecule has 3 N–H and O–H groups in total. The van der Waals surface area contributed by atoms with E-state index >= 15 is 0 Å². The number of hydrogen-bond acceptors (Lipinski definition) is 4. The van der Waals surface area contributed by atoms with E-state index in [-0.39, 0.29) is 18.0 Å². The number of hydrazine groups is 1. The van der Waals surface area contributed by atoms with Crippen LogP contribution >= 0.6 is 15.9 Å². The Labute approximate surface area is 133 Å². The monoisotopic (exact) mass is 359 g/mol. The van der Waals surface area contributed by atoms with E-state index in [1.807, 2.05) is 0 Å². The van der Waals surface area contributed by atoms with Crippen molar-refractivity contribution in [1.82, 2.24) is 10.3 Å². The van der Waals surface area contributed by atoms with Gasteiger partial charge in [-0.1, -0.05) is 6.07 Å². The van der Waals surface area contributed by atoms with E-state index in [1.165, 1.54) is 6.07 Å². The van der Waals surface area contributed by atoms with E-state index in [0.29, 0.717) is 23.5 Å². The number of halogens is 2. The van der Waals surface area contributed by atoms with Gasteiger partial charge in [-0.3, -0.25) is 16.2 Å². The Balaban J connectivity index is 2.03. The molecular weight excluding hydrogens is 337 g/mol. The summed E-state index contributed by atoms with van der Waals surface area (Å²) in [7, 11) is 0. The fourth-order valence-electron chi connectivity index (χ4n) is 2.63. The van der Waals surface area contributed by atoms with Gasteiger partial charge in [0.25, 0.3) is 0 Å². The minimum atomic E-state index is -0.254. The van der Waals surface area contributed by atoms with Gasteiger partial charge in [-0.15, -0.1) is 0 Å². The van der Waals surface area contributed by atoms with Gasteiger partial charge < -0.3 is 4.74 Å². The lowest BCUT2D eigenvalue weighted by molar-refractivity contribution is -0.0552. The summed E-state index contributed by atoms with van der Waals surface area (Å²) in [6, 6.07) is 5.55. The van der Waals surface area contributed by atoms with Crippen molar-refractivity contribution in [2.24, 2.45) is 5.84 Å². The third-order valence-corrected chi connectivity index (χ3v) is 4.57. The molecule has 118 valence electrons. The third kappa shape index (κ3) is 4.47. The van der Waals surface area contributed by atoms with Crippen LogP contribution < -0.4 is 11.3 Å². The Bertz CT molecular complexity index is 472. The van der Waals surface area contributed by atoms with Crippen LogP contribution in [0.25, 0.3) is 0 Å². The van der Waals surface area contributed by atoms with Crippen LogP contribution in [0.1, 0.15) is 19.4 Å². The predicted molar refractivity (Wildman–Crippen MR) is 85.4 cm³/mol. The van der Waals surface area contributed by atoms with Crippen LogP contribution in [0, 0.1) is 5.82 Å². The molecule has 1 aliphatic rings. The molecule has 2 atom stereocenters. The zero-order chi connectivity index (χ0) is 15.4. The Hall–Kier alpha value is -0.530. The van der Waals surface area contributed by atoms with Crippen molar-refractivity contribution >= 4 is 15.9 Å². The second kappa shape index (κ2) is 7.65. The first-order valence-electron chi connectivity index (χ1n) is 7.27. The van der Waals surface area contributed by atoms with E-state index in [2.05, 4.69) is 40.1 Å². The van der Waals surface area contributed by atoms with Crippen LogP contribution in [-0.2, 0) is 11.2 Å². The van der Waals surface area contributed by atoms with Crippen LogP contribution in [0.15, 0.2) is 22.7 Å². The van der Waals surface area contributed by atoms with Crippen molar-refractivity contribution in [3.05, 3.63) is 34.1 Å². The van der Waals surface area contributed by atoms with Crippen molar-refractivity contribution in [2.45, 2.75) is 38.5 Å². The lowest BCUT2D eigenvalue weighted by atomic mass is 10.00. The molecular formula is C15H23BrFN3O. The number of benzene rings is 1. The van der Waals surface area contributed by atoms with Gasteiger partial charge in [-0.2, -0.15) is 0 Å². The molecule has 0 spiro atoms. The molecule has 1 aliphatic heterocycles. The smallest absolute Gasteiger partial charge is 0.137 e. The largest absolute Gasteiger partial charge is 0.374 e. The summed E-state index contributed by atoms with van der Waals surface area (Å²) in [5.41, 5.74) is 3.88. The summed E-state index contributed by atoms with van der Waals surface area (Å²) in [5.74, 6) is 5.45. The summed E-state index contributed by atoms with van der Waals surface area (Å²) in [6.07, 6.45) is 0.737. The summed E-state index contributed by atoms with van der Waals surface area (Å²) < 4.78 is 19.6. The minimum absolute atomic E-state index is 0.00362. The highest BCUT2D eigenvalue weighted by Crippen LogP contribution is 2.20. The number of hydrogen-bond donors (Lipinski definition) is 2. The fourth-order valence-corrected chi connectivity index (χ4v) is 3.05. The maximum atomic E-state index is 13.3. The van der Waals surface area contributed by atoms with Crippen LogP contribution in [0.2, 0.25) is 0 Å². The van der Waals surface area contributed by atoms with E-state index in [0.717, 1.165) is 18.7 Å². The van der Waals surface area contributed by atoms with Gasteiger partial charge in [0.2, 0.25) is 0 Å². The molecule has 0 aromatic heterocycles. The molecule has 2 unspecified atom stereocenters. The number of nitrogens with two attached hydrogens (primary N) is 1. The molecule has 0 aliphatic carbocycles. The predicted octanol–water partition coefficient (Wildman–Crippen LogP) is 2.07. The van der Waals surface area contributed by atoms with Crippen molar-refractivity contribution in [3.8, 4) is 0 Å². The standard InChI is InChI=1S/C15H23BrFN3O/c1-10(2)20-5-6-21-15(9-20)14(19-18)8-11-3-4-13(17)12(16)7-11/h3-4,7,10,14-15,19H,5-6,8-9,18H2,1-2H3. The highest BCUT2D eigenvalue weighted by molar-refractivity contribution is 9.10. The van der Waals surface area contributed by atoms with Crippen molar-refractivity contribution in [2.75, 3.05) is 19.7 Å². The zero-order valence-corrected chi connectivity index (χ0v) is 14.1.